The van der Waals surface area contributed by atoms with Crippen LogP contribution in [0.25, 0.3) is 88.3 Å². The van der Waals surface area contributed by atoms with Gasteiger partial charge >= 0.3 is 0 Å². The van der Waals surface area contributed by atoms with Crippen molar-refractivity contribution in [3.8, 4) is 17.3 Å². The number of nitrogens with one attached hydrogen (secondary N) is 1. The largest absolute Gasteiger partial charge is 0.309 e. The number of hydrogen-bond donors (Lipinski definition) is 1. The van der Waals surface area contributed by atoms with Crippen molar-refractivity contribution in [3.05, 3.63) is 224 Å². The molecule has 0 fully saturated rings. The summed E-state index contributed by atoms with van der Waals surface area (Å²) in [6.07, 6.45) is 16.6. The molecule has 2 aliphatic rings. The van der Waals surface area contributed by atoms with Crippen molar-refractivity contribution in [2.75, 3.05) is 11.4 Å². The Kier molecular flexibility index (Phi) is 8.86. The molecule has 318 valence electrons. The second-order valence-corrected chi connectivity index (χ2v) is 17.3. The van der Waals surface area contributed by atoms with E-state index in [0.717, 1.165) is 77.6 Å². The van der Waals surface area contributed by atoms with Crippen LogP contribution >= 0.6 is 0 Å². The highest BCUT2D eigenvalue weighted by molar-refractivity contribution is 6.12. The monoisotopic (exact) mass is 862 g/mol. The minimum atomic E-state index is -0.168. The minimum Gasteiger partial charge on any atom is -0.309 e. The van der Waals surface area contributed by atoms with Gasteiger partial charge in [-0.3, -0.25) is 4.57 Å². The first-order valence-electron chi connectivity index (χ1n) is 22.7. The number of allylic oxidation sites excluding steroid dienone is 8. The van der Waals surface area contributed by atoms with Crippen molar-refractivity contribution in [3.63, 3.8) is 0 Å². The third-order valence-corrected chi connectivity index (χ3v) is 13.4. The van der Waals surface area contributed by atoms with Gasteiger partial charge in [-0.2, -0.15) is 15.0 Å². The zero-order valence-corrected chi connectivity index (χ0v) is 36.5. The molecule has 11 aromatic rings. The van der Waals surface area contributed by atoms with Crippen molar-refractivity contribution >= 4 is 88.8 Å². The number of para-hydroxylation sites is 5. The van der Waals surface area contributed by atoms with Crippen molar-refractivity contribution in [1.82, 2.24) is 28.7 Å². The van der Waals surface area contributed by atoms with Gasteiger partial charge in [-0.15, -0.1) is 0 Å². The Hall–Kier alpha value is -8.88. The number of nitrogens with zero attached hydrogens (tertiary/aromatic N) is 7. The maximum absolute atomic E-state index is 8.14. The molecule has 0 radical (unpaired) electrons. The Labute approximate surface area is 386 Å². The van der Waals surface area contributed by atoms with Crippen LogP contribution in [0, 0.1) is 5.41 Å². The number of benzene rings is 7. The molecule has 8 nitrogen and oxygen atoms in total. The molecule has 0 spiro atoms. The number of rotatable bonds is 6. The lowest BCUT2D eigenvalue weighted by Crippen LogP contribution is -2.23. The molecule has 0 amide bonds. The van der Waals surface area contributed by atoms with E-state index in [4.69, 9.17) is 20.4 Å². The summed E-state index contributed by atoms with van der Waals surface area (Å²) in [5, 5.41) is 15.2. The molecule has 5 heterocycles. The van der Waals surface area contributed by atoms with Crippen LogP contribution in [0.2, 0.25) is 0 Å². The summed E-state index contributed by atoms with van der Waals surface area (Å²) in [6.45, 7) is 5.12. The van der Waals surface area contributed by atoms with Crippen LogP contribution in [-0.4, -0.2) is 41.4 Å². The first-order valence-corrected chi connectivity index (χ1v) is 22.7. The van der Waals surface area contributed by atoms with E-state index in [1.54, 1.807) is 0 Å². The average Bonchev–Trinajstić information content (AvgIpc) is 4.04. The van der Waals surface area contributed by atoms with Crippen molar-refractivity contribution in [1.29, 1.82) is 5.41 Å². The molecule has 7 aromatic carbocycles. The highest BCUT2D eigenvalue weighted by atomic mass is 15.3. The van der Waals surface area contributed by atoms with Crippen LogP contribution in [0.5, 0.6) is 0 Å². The van der Waals surface area contributed by atoms with Crippen LogP contribution in [0.3, 0.4) is 0 Å². The van der Waals surface area contributed by atoms with Crippen LogP contribution in [0.15, 0.2) is 212 Å². The molecule has 4 aromatic heterocycles. The van der Waals surface area contributed by atoms with Gasteiger partial charge in [0.25, 0.3) is 0 Å². The predicted molar refractivity (Wildman–Crippen MR) is 277 cm³/mol. The van der Waals surface area contributed by atoms with Gasteiger partial charge in [0, 0.05) is 67.9 Å². The van der Waals surface area contributed by atoms with E-state index >= 15 is 0 Å². The van der Waals surface area contributed by atoms with Crippen LogP contribution in [0.1, 0.15) is 23.7 Å². The lowest BCUT2D eigenvalue weighted by molar-refractivity contribution is 0.739. The number of hydrogen-bond acceptors (Lipinski definition) is 5. The van der Waals surface area contributed by atoms with Gasteiger partial charge in [-0.1, -0.05) is 140 Å². The van der Waals surface area contributed by atoms with E-state index in [2.05, 4.69) is 219 Å². The van der Waals surface area contributed by atoms with Gasteiger partial charge in [-0.05, 0) is 84.3 Å². The van der Waals surface area contributed by atoms with Gasteiger partial charge in [0.2, 0.25) is 11.9 Å². The standard InChI is InChI=1S/C59H42N8/c1-38-16-3-2-14-33-64(50-31-29-41(35-48(38)50)65-51-24-9-4-19-43(51)44-20-5-10-25-52(44)65)58-61-57(40-18-15-17-39(34-40)37-60)62-59(63-58)67-55-28-13-8-23-47(55)49-36-42(30-32-56(49)67)66-53-26-11-6-21-45(53)46-22-7-12-27-54(46)66/h2-17,19-32,34-37,40,60H,1,18,33H2/b14-2-,16-3-,60-37?. The molecule has 1 aliphatic heterocycles. The van der Waals surface area contributed by atoms with E-state index in [9.17, 15) is 0 Å². The van der Waals surface area contributed by atoms with E-state index in [-0.39, 0.29) is 5.92 Å². The zero-order chi connectivity index (χ0) is 44.6. The molecule has 13 rings (SSSR count). The highest BCUT2D eigenvalue weighted by Crippen LogP contribution is 2.40. The fraction of sp³-hybridized carbons (Fsp3) is 0.0508. The Balaban J connectivity index is 1.02. The minimum absolute atomic E-state index is 0.168. The summed E-state index contributed by atoms with van der Waals surface area (Å²) < 4.78 is 6.90. The van der Waals surface area contributed by atoms with Gasteiger partial charge in [0.05, 0.1) is 38.8 Å². The molecule has 1 N–H and O–H groups in total. The Morgan fingerprint density at radius 2 is 1.03 bits per heavy atom. The molecular weight excluding hydrogens is 821 g/mol. The quantitative estimate of drug-likeness (QED) is 0.169. The summed E-state index contributed by atoms with van der Waals surface area (Å²) in [6, 6.07) is 56.3. The fourth-order valence-electron chi connectivity index (χ4n) is 10.4. The third-order valence-electron chi connectivity index (χ3n) is 13.4. The van der Waals surface area contributed by atoms with Gasteiger partial charge in [0.1, 0.15) is 5.82 Å². The Bertz CT molecular complexity index is 3890. The lowest BCUT2D eigenvalue weighted by atomic mass is 9.96. The molecule has 0 saturated heterocycles. The van der Waals surface area contributed by atoms with Crippen LogP contribution < -0.4 is 4.90 Å². The molecule has 0 saturated carbocycles. The topological polar surface area (TPSA) is 80.6 Å². The average molecular weight is 863 g/mol. The van der Waals surface area contributed by atoms with Crippen LogP contribution in [-0.2, 0) is 0 Å². The summed E-state index contributed by atoms with van der Waals surface area (Å²) in [5.41, 5.74) is 12.3. The first-order chi connectivity index (χ1) is 33.1. The van der Waals surface area contributed by atoms with Crippen molar-refractivity contribution in [2.24, 2.45) is 0 Å². The SMILES string of the molecule is C=C1/C=C\C=C/CN(c2nc(C3C=C(C=N)C=CC3)nc(-n3c4ccccc4c4cc(-n5c6ccccc6c6ccccc65)ccc43)n2)c2ccc(-n3c4ccccc4c4ccccc43)cc21. The Morgan fingerprint density at radius 3 is 1.64 bits per heavy atom. The van der Waals surface area contributed by atoms with Gasteiger partial charge in [-0.25, -0.2) is 0 Å². The summed E-state index contributed by atoms with van der Waals surface area (Å²) in [4.78, 5) is 18.4. The summed E-state index contributed by atoms with van der Waals surface area (Å²) >= 11 is 0. The molecule has 67 heavy (non-hydrogen) atoms. The second kappa shape index (κ2) is 15.4. The lowest BCUT2D eigenvalue weighted by Gasteiger charge is -2.26. The predicted octanol–water partition coefficient (Wildman–Crippen LogP) is 14.1. The molecule has 8 heteroatoms. The highest BCUT2D eigenvalue weighted by Gasteiger charge is 2.26. The third kappa shape index (κ3) is 6.14. The van der Waals surface area contributed by atoms with E-state index < -0.39 is 0 Å². The van der Waals surface area contributed by atoms with E-state index in [1.165, 1.54) is 27.8 Å². The van der Waals surface area contributed by atoms with E-state index in [1.807, 2.05) is 6.08 Å². The van der Waals surface area contributed by atoms with Crippen molar-refractivity contribution in [2.45, 2.75) is 12.3 Å². The molecule has 1 atom stereocenters. The smallest absolute Gasteiger partial charge is 0.239 e. The molecule has 0 bridgehead atoms. The maximum Gasteiger partial charge on any atom is 0.239 e. The molecular formula is C59H42N8. The number of anilines is 2. The Morgan fingerprint density at radius 1 is 0.507 bits per heavy atom. The zero-order valence-electron chi connectivity index (χ0n) is 36.5. The molecule has 1 aliphatic carbocycles. The molecule has 1 unspecified atom stereocenters. The fourth-order valence-corrected chi connectivity index (χ4v) is 10.4. The van der Waals surface area contributed by atoms with Crippen molar-refractivity contribution < 1.29 is 0 Å². The summed E-state index contributed by atoms with van der Waals surface area (Å²) in [7, 11) is 0. The second-order valence-electron chi connectivity index (χ2n) is 17.3. The number of fused-ring (bicyclic) bond motifs is 10. The summed E-state index contributed by atoms with van der Waals surface area (Å²) in [5.74, 6) is 1.52. The number of aromatic nitrogens is 6. The van der Waals surface area contributed by atoms with E-state index in [0.29, 0.717) is 30.7 Å². The normalized spacial score (nSPS) is 16.1. The first kappa shape index (κ1) is 38.6. The van der Waals surface area contributed by atoms with Gasteiger partial charge < -0.3 is 19.4 Å². The van der Waals surface area contributed by atoms with Gasteiger partial charge in [0.15, 0.2) is 0 Å². The van der Waals surface area contributed by atoms with Crippen LogP contribution in [0.4, 0.5) is 11.6 Å². The maximum atomic E-state index is 8.14.